The molecule has 0 aliphatic carbocycles. The average molecular weight is 671 g/mol. The third-order valence-electron chi connectivity index (χ3n) is 9.79. The van der Waals surface area contributed by atoms with Crippen molar-refractivity contribution in [2.75, 3.05) is 4.90 Å². The maximum Gasteiger partial charge on any atom is 0.175 e. The topological polar surface area (TPSA) is 50.3 Å². The van der Waals surface area contributed by atoms with E-state index in [0.717, 1.165) is 71.8 Å². The van der Waals surface area contributed by atoms with E-state index in [-0.39, 0.29) is 0 Å². The standard InChI is InChI=1S/C43H32N2O2P2/c1-29-19-21-37-39(24-29)48(46,34-14-5-3-6-15-34)41-27-33(31-12-11-13-32(26-31)36-18-9-10-23-44-36)28-42-43(41)45(37)38-22-20-30(2)25-40(38)49(42,47)35-16-7-4-8-17-35/h3-28H,1-2H3. The zero-order valence-electron chi connectivity index (χ0n) is 27.1. The first-order valence-corrected chi connectivity index (χ1v) is 19.8. The van der Waals surface area contributed by atoms with Crippen molar-refractivity contribution in [1.82, 2.24) is 4.98 Å². The van der Waals surface area contributed by atoms with E-state index in [2.05, 4.69) is 76.6 Å². The highest BCUT2D eigenvalue weighted by molar-refractivity contribution is 7.88. The minimum Gasteiger partial charge on any atom is -0.308 e. The van der Waals surface area contributed by atoms with Crippen LogP contribution >= 0.6 is 14.3 Å². The monoisotopic (exact) mass is 670 g/mol. The Morgan fingerprint density at radius 2 is 1.00 bits per heavy atom. The summed E-state index contributed by atoms with van der Waals surface area (Å²) in [5.74, 6) is 0. The van der Waals surface area contributed by atoms with Crippen LogP contribution in [0.5, 0.6) is 0 Å². The molecule has 2 aliphatic heterocycles. The highest BCUT2D eigenvalue weighted by Gasteiger charge is 2.50. The van der Waals surface area contributed by atoms with Gasteiger partial charge in [-0.2, -0.15) is 0 Å². The summed E-state index contributed by atoms with van der Waals surface area (Å²) in [5, 5.41) is 4.50. The number of aryl methyl sites for hydroxylation is 2. The Bertz CT molecular complexity index is 2400. The number of pyridine rings is 1. The van der Waals surface area contributed by atoms with Gasteiger partial charge in [-0.15, -0.1) is 0 Å². The van der Waals surface area contributed by atoms with Gasteiger partial charge in [0.25, 0.3) is 0 Å². The molecular formula is C43H32N2O2P2. The van der Waals surface area contributed by atoms with Crippen LogP contribution in [-0.2, 0) is 9.13 Å². The molecule has 2 aliphatic rings. The third kappa shape index (κ3) is 4.41. The predicted octanol–water partition coefficient (Wildman–Crippen LogP) is 8.41. The molecule has 0 saturated heterocycles. The van der Waals surface area contributed by atoms with E-state index in [0.29, 0.717) is 10.6 Å². The van der Waals surface area contributed by atoms with Gasteiger partial charge in [-0.3, -0.25) is 4.98 Å². The fraction of sp³-hybridized carbons (Fsp3) is 0.0465. The summed E-state index contributed by atoms with van der Waals surface area (Å²) in [5.41, 5.74) is 8.21. The van der Waals surface area contributed by atoms with E-state index in [1.165, 1.54) is 0 Å². The van der Waals surface area contributed by atoms with E-state index in [1.54, 1.807) is 6.20 Å². The summed E-state index contributed by atoms with van der Waals surface area (Å²) in [7, 11) is -6.96. The third-order valence-corrected chi connectivity index (χ3v) is 16.0. The molecule has 6 aromatic carbocycles. The van der Waals surface area contributed by atoms with Crippen LogP contribution in [-0.4, -0.2) is 4.98 Å². The molecule has 0 spiro atoms. The van der Waals surface area contributed by atoms with Crippen molar-refractivity contribution >= 4 is 63.2 Å². The fourth-order valence-corrected chi connectivity index (χ4v) is 13.8. The fourth-order valence-electron chi connectivity index (χ4n) is 7.48. The van der Waals surface area contributed by atoms with Crippen LogP contribution in [0.15, 0.2) is 158 Å². The molecule has 1 aromatic heterocycles. The largest absolute Gasteiger partial charge is 0.308 e. The normalized spacial score (nSPS) is 18.7. The number of aromatic nitrogens is 1. The lowest BCUT2D eigenvalue weighted by Crippen LogP contribution is -2.46. The van der Waals surface area contributed by atoms with Gasteiger partial charge in [0.1, 0.15) is 0 Å². The van der Waals surface area contributed by atoms with Crippen molar-refractivity contribution in [3.63, 3.8) is 0 Å². The second-order valence-corrected chi connectivity index (χ2v) is 18.3. The van der Waals surface area contributed by atoms with Gasteiger partial charge in [-0.1, -0.05) is 108 Å². The smallest absolute Gasteiger partial charge is 0.175 e. The first-order valence-electron chi connectivity index (χ1n) is 16.4. The van der Waals surface area contributed by atoms with Gasteiger partial charge in [0.05, 0.1) is 22.8 Å². The van der Waals surface area contributed by atoms with Crippen molar-refractivity contribution in [3.05, 3.63) is 169 Å². The summed E-state index contributed by atoms with van der Waals surface area (Å²) < 4.78 is 32.7. The minimum atomic E-state index is -3.48. The Labute approximate surface area is 286 Å². The Morgan fingerprint density at radius 3 is 1.53 bits per heavy atom. The molecule has 6 heteroatoms. The van der Waals surface area contributed by atoms with Gasteiger partial charge in [-0.05, 0) is 79.6 Å². The van der Waals surface area contributed by atoms with Gasteiger partial charge >= 0.3 is 0 Å². The molecule has 2 atom stereocenters. The quantitative estimate of drug-likeness (QED) is 0.177. The number of rotatable bonds is 4. The number of anilines is 3. The molecule has 0 N–H and O–H groups in total. The first kappa shape index (κ1) is 29.8. The number of hydrogen-bond acceptors (Lipinski definition) is 4. The SMILES string of the molecule is Cc1ccc2c(c1)P(=O)(c1ccccc1)c1cc(-c3cccc(-c4ccccn4)c3)cc3c1N2c1ccc(C)cc1P3(=O)c1ccccc1. The molecule has 3 heterocycles. The number of nitrogens with zero attached hydrogens (tertiary/aromatic N) is 2. The number of benzene rings is 6. The summed E-state index contributed by atoms with van der Waals surface area (Å²) in [6.07, 6.45) is 1.80. The average Bonchev–Trinajstić information content (AvgIpc) is 3.15. The molecule has 236 valence electrons. The summed E-state index contributed by atoms with van der Waals surface area (Å²) >= 11 is 0. The van der Waals surface area contributed by atoms with Gasteiger partial charge in [0.15, 0.2) is 14.3 Å². The lowest BCUT2D eigenvalue weighted by Gasteiger charge is -2.44. The maximum absolute atomic E-state index is 16.3. The predicted molar refractivity (Wildman–Crippen MR) is 205 cm³/mol. The van der Waals surface area contributed by atoms with Crippen LogP contribution in [0, 0.1) is 13.8 Å². The highest BCUT2D eigenvalue weighted by Crippen LogP contribution is 2.61. The van der Waals surface area contributed by atoms with Crippen molar-refractivity contribution in [2.45, 2.75) is 13.8 Å². The second kappa shape index (κ2) is 11.1. The zero-order chi connectivity index (χ0) is 33.3. The van der Waals surface area contributed by atoms with Crippen LogP contribution in [0.4, 0.5) is 17.1 Å². The van der Waals surface area contributed by atoms with Gasteiger partial charge in [0.2, 0.25) is 0 Å². The van der Waals surface area contributed by atoms with E-state index in [9.17, 15) is 0 Å². The Morgan fingerprint density at radius 1 is 0.469 bits per heavy atom. The van der Waals surface area contributed by atoms with Gasteiger partial charge < -0.3 is 14.0 Å². The molecule has 2 unspecified atom stereocenters. The van der Waals surface area contributed by atoms with Crippen molar-refractivity contribution in [2.24, 2.45) is 0 Å². The Hall–Kier alpha value is -5.27. The molecule has 0 radical (unpaired) electrons. The van der Waals surface area contributed by atoms with Gasteiger partial charge in [0, 0.05) is 43.6 Å². The molecule has 4 nitrogen and oxygen atoms in total. The molecule has 0 fully saturated rings. The van der Waals surface area contributed by atoms with E-state index in [1.807, 2.05) is 98.8 Å². The lowest BCUT2D eigenvalue weighted by atomic mass is 10.0. The molecule has 0 bridgehead atoms. The highest BCUT2D eigenvalue weighted by atomic mass is 31.2. The number of hydrogen-bond donors (Lipinski definition) is 0. The van der Waals surface area contributed by atoms with Crippen LogP contribution in [0.1, 0.15) is 11.1 Å². The van der Waals surface area contributed by atoms with Crippen LogP contribution in [0.2, 0.25) is 0 Å². The maximum atomic E-state index is 16.3. The second-order valence-electron chi connectivity index (χ2n) is 12.9. The first-order chi connectivity index (χ1) is 23.9. The van der Waals surface area contributed by atoms with Crippen LogP contribution < -0.4 is 36.7 Å². The zero-order valence-corrected chi connectivity index (χ0v) is 28.9. The van der Waals surface area contributed by atoms with E-state index < -0.39 is 14.3 Å². The van der Waals surface area contributed by atoms with Crippen molar-refractivity contribution < 1.29 is 9.13 Å². The Kier molecular flexibility index (Phi) is 6.78. The van der Waals surface area contributed by atoms with Crippen molar-refractivity contribution in [3.8, 4) is 22.4 Å². The van der Waals surface area contributed by atoms with Crippen LogP contribution in [0.25, 0.3) is 22.4 Å². The molecular weight excluding hydrogens is 638 g/mol. The molecule has 0 saturated carbocycles. The summed E-state index contributed by atoms with van der Waals surface area (Å²) in [6.45, 7) is 4.10. The van der Waals surface area contributed by atoms with E-state index >= 15 is 9.13 Å². The summed E-state index contributed by atoms with van der Waals surface area (Å²) in [4.78, 5) is 6.83. The molecule has 9 rings (SSSR count). The van der Waals surface area contributed by atoms with E-state index in [4.69, 9.17) is 0 Å². The van der Waals surface area contributed by atoms with Crippen LogP contribution in [0.3, 0.4) is 0 Å². The summed E-state index contributed by atoms with van der Waals surface area (Å²) in [6, 6.07) is 50.5. The van der Waals surface area contributed by atoms with Crippen molar-refractivity contribution in [1.29, 1.82) is 0 Å². The molecule has 49 heavy (non-hydrogen) atoms. The lowest BCUT2D eigenvalue weighted by molar-refractivity contribution is 0.592. The number of fused-ring (bicyclic) bond motifs is 4. The molecule has 7 aromatic rings. The van der Waals surface area contributed by atoms with Gasteiger partial charge in [-0.25, -0.2) is 0 Å². The molecule has 0 amide bonds. The minimum absolute atomic E-state index is 0.704. The Balaban J connectivity index is 1.45.